The maximum Gasteiger partial charge on any atom is 0.338 e. The molecule has 0 radical (unpaired) electrons. The highest BCUT2D eigenvalue weighted by molar-refractivity contribution is 7.07. The molecule has 0 amide bonds. The Kier molecular flexibility index (Phi) is 7.45. The fraction of sp³-hybridized carbons (Fsp3) is 0.321. The normalized spacial score (nSPS) is 15.5. The number of ether oxygens (including phenoxy) is 3. The molecular formula is C28H30N2O5S. The number of hydrogen-bond donors (Lipinski definition) is 0. The summed E-state index contributed by atoms with van der Waals surface area (Å²) in [7, 11) is 2.93. The maximum atomic E-state index is 13.7. The van der Waals surface area contributed by atoms with Gasteiger partial charge in [-0.1, -0.05) is 55.5 Å². The van der Waals surface area contributed by atoms with Gasteiger partial charge in [0.25, 0.3) is 5.56 Å². The highest BCUT2D eigenvalue weighted by Crippen LogP contribution is 2.32. The number of carbonyl (C=O) groups is 1. The first-order chi connectivity index (χ1) is 17.3. The molecule has 1 aliphatic rings. The van der Waals surface area contributed by atoms with Crippen LogP contribution in [0.2, 0.25) is 0 Å². The van der Waals surface area contributed by atoms with Crippen LogP contribution in [-0.4, -0.2) is 31.4 Å². The van der Waals surface area contributed by atoms with Crippen LogP contribution in [0.15, 0.2) is 63.5 Å². The van der Waals surface area contributed by atoms with Gasteiger partial charge in [0, 0.05) is 0 Å². The summed E-state index contributed by atoms with van der Waals surface area (Å²) in [5.41, 5.74) is 3.47. The van der Waals surface area contributed by atoms with Crippen LogP contribution in [0.1, 0.15) is 56.3 Å². The zero-order chi connectivity index (χ0) is 26.0. The standard InChI is InChI=1S/C28H30N2O5S/c1-7-35-22-14-18(8-13-21(22)33-5)15-23-26(31)30-25(20-11-9-19(10-12-20)16(2)3)24(27(32)34-6)17(4)29-28(30)36-23/h8-16,25H,7H2,1-6H3. The average molecular weight is 507 g/mol. The van der Waals surface area contributed by atoms with Gasteiger partial charge < -0.3 is 14.2 Å². The second-order valence-electron chi connectivity index (χ2n) is 8.74. The fourth-order valence-corrected chi connectivity index (χ4v) is 5.32. The smallest absolute Gasteiger partial charge is 0.338 e. The molecule has 0 bridgehead atoms. The molecule has 0 spiro atoms. The van der Waals surface area contributed by atoms with Crippen molar-refractivity contribution in [1.82, 2.24) is 4.57 Å². The van der Waals surface area contributed by atoms with Gasteiger partial charge in [-0.2, -0.15) is 0 Å². The first-order valence-corrected chi connectivity index (χ1v) is 12.6. The van der Waals surface area contributed by atoms with E-state index in [1.165, 1.54) is 24.0 Å². The van der Waals surface area contributed by atoms with E-state index in [4.69, 9.17) is 14.2 Å². The van der Waals surface area contributed by atoms with Gasteiger partial charge in [-0.25, -0.2) is 9.79 Å². The molecule has 7 nitrogen and oxygen atoms in total. The lowest BCUT2D eigenvalue weighted by atomic mass is 9.93. The van der Waals surface area contributed by atoms with Crippen molar-refractivity contribution in [2.24, 2.45) is 4.99 Å². The molecule has 0 saturated carbocycles. The predicted octanol–water partition coefficient (Wildman–Crippen LogP) is 3.94. The minimum atomic E-state index is -0.632. The minimum Gasteiger partial charge on any atom is -0.493 e. The van der Waals surface area contributed by atoms with E-state index < -0.39 is 12.0 Å². The Bertz CT molecular complexity index is 1500. The Morgan fingerprint density at radius 3 is 2.47 bits per heavy atom. The van der Waals surface area contributed by atoms with Crippen LogP contribution in [0, 0.1) is 0 Å². The number of nitrogens with zero attached hydrogens (tertiary/aromatic N) is 2. The Hall–Kier alpha value is -3.65. The molecule has 1 atom stereocenters. The first kappa shape index (κ1) is 25.4. The monoisotopic (exact) mass is 506 g/mol. The summed E-state index contributed by atoms with van der Waals surface area (Å²) in [6, 6.07) is 12.9. The lowest BCUT2D eigenvalue weighted by Gasteiger charge is -2.24. The molecule has 2 aromatic carbocycles. The van der Waals surface area contributed by atoms with Crippen molar-refractivity contribution in [3.05, 3.63) is 90.1 Å². The van der Waals surface area contributed by atoms with Crippen molar-refractivity contribution in [2.45, 2.75) is 39.7 Å². The molecule has 0 fully saturated rings. The first-order valence-electron chi connectivity index (χ1n) is 11.8. The van der Waals surface area contributed by atoms with Gasteiger partial charge >= 0.3 is 5.97 Å². The van der Waals surface area contributed by atoms with Gasteiger partial charge in [0.2, 0.25) is 0 Å². The summed E-state index contributed by atoms with van der Waals surface area (Å²) >= 11 is 1.29. The van der Waals surface area contributed by atoms with Gasteiger partial charge in [-0.3, -0.25) is 9.36 Å². The van der Waals surface area contributed by atoms with Crippen LogP contribution in [0.5, 0.6) is 11.5 Å². The third kappa shape index (κ3) is 4.73. The van der Waals surface area contributed by atoms with Crippen molar-refractivity contribution in [2.75, 3.05) is 20.8 Å². The van der Waals surface area contributed by atoms with Crippen LogP contribution in [0.3, 0.4) is 0 Å². The Morgan fingerprint density at radius 1 is 1.14 bits per heavy atom. The number of thiazole rings is 1. The molecule has 1 aliphatic heterocycles. The number of methoxy groups -OCH3 is 2. The highest BCUT2D eigenvalue weighted by atomic mass is 32.1. The van der Waals surface area contributed by atoms with Crippen molar-refractivity contribution in [3.8, 4) is 11.5 Å². The van der Waals surface area contributed by atoms with Crippen LogP contribution in [-0.2, 0) is 9.53 Å². The second-order valence-corrected chi connectivity index (χ2v) is 9.75. The zero-order valence-corrected chi connectivity index (χ0v) is 22.1. The van der Waals surface area contributed by atoms with E-state index in [0.29, 0.717) is 44.6 Å². The molecule has 1 aromatic heterocycles. The topological polar surface area (TPSA) is 79.1 Å². The summed E-state index contributed by atoms with van der Waals surface area (Å²) < 4.78 is 18.2. The van der Waals surface area contributed by atoms with Crippen molar-refractivity contribution < 1.29 is 19.0 Å². The average Bonchev–Trinajstić information content (AvgIpc) is 3.17. The van der Waals surface area contributed by atoms with Crippen LogP contribution in [0.25, 0.3) is 6.08 Å². The van der Waals surface area contributed by atoms with Crippen molar-refractivity contribution in [3.63, 3.8) is 0 Å². The molecule has 188 valence electrons. The summed E-state index contributed by atoms with van der Waals surface area (Å²) in [5.74, 6) is 1.09. The van der Waals surface area contributed by atoms with Gasteiger partial charge in [0.1, 0.15) is 0 Å². The molecular weight excluding hydrogens is 476 g/mol. The number of fused-ring (bicyclic) bond motifs is 1. The van der Waals surface area contributed by atoms with Gasteiger partial charge in [0.05, 0.1) is 42.7 Å². The van der Waals surface area contributed by atoms with E-state index in [2.05, 4.69) is 18.8 Å². The van der Waals surface area contributed by atoms with E-state index in [1.807, 2.05) is 55.5 Å². The van der Waals surface area contributed by atoms with Gasteiger partial charge in [0.15, 0.2) is 16.3 Å². The number of hydrogen-bond acceptors (Lipinski definition) is 7. The molecule has 2 heterocycles. The molecule has 3 aromatic rings. The third-order valence-corrected chi connectivity index (χ3v) is 7.11. The summed E-state index contributed by atoms with van der Waals surface area (Å²) in [4.78, 5) is 31.7. The quantitative estimate of drug-likeness (QED) is 0.454. The van der Waals surface area contributed by atoms with E-state index in [1.54, 1.807) is 18.6 Å². The largest absolute Gasteiger partial charge is 0.493 e. The van der Waals surface area contributed by atoms with Crippen molar-refractivity contribution in [1.29, 1.82) is 0 Å². The van der Waals surface area contributed by atoms with Gasteiger partial charge in [-0.05, 0) is 54.7 Å². The summed E-state index contributed by atoms with van der Waals surface area (Å²) in [5, 5.41) is 0. The molecule has 0 aliphatic carbocycles. The number of allylic oxidation sites excluding steroid dienone is 1. The maximum absolute atomic E-state index is 13.7. The number of rotatable bonds is 7. The number of carbonyl (C=O) groups excluding carboxylic acids is 1. The predicted molar refractivity (Wildman–Crippen MR) is 140 cm³/mol. The Labute approximate surface area is 214 Å². The summed E-state index contributed by atoms with van der Waals surface area (Å²) in [6.45, 7) is 8.42. The second kappa shape index (κ2) is 10.5. The molecule has 8 heteroatoms. The zero-order valence-electron chi connectivity index (χ0n) is 21.3. The highest BCUT2D eigenvalue weighted by Gasteiger charge is 2.33. The molecule has 1 unspecified atom stereocenters. The number of benzene rings is 2. The number of aromatic nitrogens is 1. The van der Waals surface area contributed by atoms with Gasteiger partial charge in [-0.15, -0.1) is 0 Å². The van der Waals surface area contributed by atoms with Crippen LogP contribution < -0.4 is 24.4 Å². The van der Waals surface area contributed by atoms with E-state index in [9.17, 15) is 9.59 Å². The van der Waals surface area contributed by atoms with Crippen molar-refractivity contribution >= 4 is 23.4 Å². The Morgan fingerprint density at radius 2 is 1.86 bits per heavy atom. The lowest BCUT2D eigenvalue weighted by molar-refractivity contribution is -0.136. The minimum absolute atomic E-state index is 0.223. The van der Waals surface area contributed by atoms with Crippen LogP contribution in [0.4, 0.5) is 0 Å². The fourth-order valence-electron chi connectivity index (χ4n) is 4.27. The SMILES string of the molecule is CCOc1cc(C=c2sc3n(c2=O)C(c2ccc(C(C)C)cc2)C(C(=O)OC)=C(C)N=3)ccc1OC. The number of esters is 1. The van der Waals surface area contributed by atoms with E-state index in [0.717, 1.165) is 11.1 Å². The third-order valence-electron chi connectivity index (χ3n) is 6.13. The Balaban J connectivity index is 1.90. The van der Waals surface area contributed by atoms with Crippen LogP contribution >= 0.6 is 11.3 Å². The van der Waals surface area contributed by atoms with E-state index in [-0.39, 0.29) is 5.56 Å². The summed E-state index contributed by atoms with van der Waals surface area (Å²) in [6.07, 6.45) is 1.81. The molecule has 0 N–H and O–H groups in total. The lowest BCUT2D eigenvalue weighted by Crippen LogP contribution is -2.39. The molecule has 4 rings (SSSR count). The van der Waals surface area contributed by atoms with E-state index >= 15 is 0 Å². The molecule has 0 saturated heterocycles. The molecule has 36 heavy (non-hydrogen) atoms.